The van der Waals surface area contributed by atoms with Crippen LogP contribution in [0.25, 0.3) is 0 Å². The van der Waals surface area contributed by atoms with E-state index in [1.54, 1.807) is 0 Å². The van der Waals surface area contributed by atoms with E-state index in [1.807, 2.05) is 30.3 Å². The minimum absolute atomic E-state index is 0.157. The molecule has 22 heavy (non-hydrogen) atoms. The second kappa shape index (κ2) is 7.59. The smallest absolute Gasteiger partial charge is 0.326 e. The molecule has 6 nitrogen and oxygen atoms in total. The van der Waals surface area contributed by atoms with Crippen molar-refractivity contribution in [2.45, 2.75) is 31.7 Å². The van der Waals surface area contributed by atoms with Gasteiger partial charge in [-0.15, -0.1) is 0 Å². The van der Waals surface area contributed by atoms with E-state index in [1.165, 1.54) is 4.90 Å². The number of likely N-dealkylation sites (tertiary alicyclic amines) is 1. The van der Waals surface area contributed by atoms with Gasteiger partial charge in [0.2, 0.25) is 11.8 Å². The number of piperidine rings is 1. The Kier molecular flexibility index (Phi) is 5.52. The highest BCUT2D eigenvalue weighted by Crippen LogP contribution is 2.17. The molecule has 0 aliphatic carbocycles. The third-order valence-electron chi connectivity index (χ3n) is 3.75. The predicted molar refractivity (Wildman–Crippen MR) is 80.1 cm³/mol. The molecular weight excluding hydrogens is 284 g/mol. The first-order valence-electron chi connectivity index (χ1n) is 7.41. The molecule has 0 aromatic heterocycles. The van der Waals surface area contributed by atoms with E-state index in [4.69, 9.17) is 5.11 Å². The van der Waals surface area contributed by atoms with Crippen LogP contribution in [0.2, 0.25) is 0 Å². The van der Waals surface area contributed by atoms with Gasteiger partial charge < -0.3 is 15.3 Å². The summed E-state index contributed by atoms with van der Waals surface area (Å²) in [4.78, 5) is 36.5. The number of hydrogen-bond donors (Lipinski definition) is 2. The fourth-order valence-corrected chi connectivity index (χ4v) is 2.61. The lowest BCUT2D eigenvalue weighted by molar-refractivity contribution is -0.151. The van der Waals surface area contributed by atoms with Crippen LogP contribution in [0.15, 0.2) is 30.3 Å². The summed E-state index contributed by atoms with van der Waals surface area (Å²) in [6.45, 7) is 0.278. The van der Waals surface area contributed by atoms with Crippen LogP contribution in [0.1, 0.15) is 24.8 Å². The van der Waals surface area contributed by atoms with Crippen LogP contribution in [0.3, 0.4) is 0 Å². The fourth-order valence-electron chi connectivity index (χ4n) is 2.61. The number of carboxylic acid groups (broad SMARTS) is 1. The van der Waals surface area contributed by atoms with Gasteiger partial charge in [-0.25, -0.2) is 4.79 Å². The standard InChI is InChI=1S/C16H20N2O4/c19-14(10-12-6-2-1-3-7-12)17-11-15(20)18-9-5-4-8-13(18)16(21)22/h1-3,6-7,13H,4-5,8-11H2,(H,17,19)(H,21,22). The molecule has 1 aromatic carbocycles. The van der Waals surface area contributed by atoms with Gasteiger partial charge >= 0.3 is 5.97 Å². The monoisotopic (exact) mass is 304 g/mol. The van der Waals surface area contributed by atoms with Crippen molar-refractivity contribution in [3.63, 3.8) is 0 Å². The lowest BCUT2D eigenvalue weighted by Crippen LogP contribution is -2.51. The SMILES string of the molecule is O=C(Cc1ccccc1)NCC(=O)N1CCCCC1C(=O)O. The summed E-state index contributed by atoms with van der Waals surface area (Å²) >= 11 is 0. The summed E-state index contributed by atoms with van der Waals surface area (Å²) in [6, 6.07) is 8.47. The number of nitrogens with one attached hydrogen (secondary N) is 1. The second-order valence-electron chi connectivity index (χ2n) is 5.38. The lowest BCUT2D eigenvalue weighted by Gasteiger charge is -2.33. The van der Waals surface area contributed by atoms with Crippen LogP contribution in [-0.2, 0) is 20.8 Å². The van der Waals surface area contributed by atoms with Gasteiger partial charge in [0.05, 0.1) is 13.0 Å². The zero-order valence-electron chi connectivity index (χ0n) is 12.3. The molecule has 1 aliphatic rings. The molecule has 0 saturated carbocycles. The van der Waals surface area contributed by atoms with Gasteiger partial charge in [0.1, 0.15) is 6.04 Å². The van der Waals surface area contributed by atoms with Gasteiger partial charge in [-0.2, -0.15) is 0 Å². The van der Waals surface area contributed by atoms with Crippen molar-refractivity contribution in [2.24, 2.45) is 0 Å². The predicted octanol–water partition coefficient (Wildman–Crippen LogP) is 0.811. The molecule has 1 unspecified atom stereocenters. The van der Waals surface area contributed by atoms with Crippen molar-refractivity contribution in [2.75, 3.05) is 13.1 Å². The molecule has 1 saturated heterocycles. The van der Waals surface area contributed by atoms with Gasteiger partial charge in [0.15, 0.2) is 0 Å². The average molecular weight is 304 g/mol. The van der Waals surface area contributed by atoms with E-state index < -0.39 is 12.0 Å². The first-order valence-corrected chi connectivity index (χ1v) is 7.41. The molecular formula is C16H20N2O4. The molecule has 0 spiro atoms. The first-order chi connectivity index (χ1) is 10.6. The van der Waals surface area contributed by atoms with E-state index in [-0.39, 0.29) is 24.8 Å². The molecule has 0 bridgehead atoms. The van der Waals surface area contributed by atoms with E-state index in [9.17, 15) is 14.4 Å². The highest BCUT2D eigenvalue weighted by Gasteiger charge is 2.31. The van der Waals surface area contributed by atoms with Crippen LogP contribution in [0.4, 0.5) is 0 Å². The van der Waals surface area contributed by atoms with Gasteiger partial charge in [0.25, 0.3) is 0 Å². The van der Waals surface area contributed by atoms with E-state index in [0.29, 0.717) is 13.0 Å². The maximum absolute atomic E-state index is 12.1. The largest absolute Gasteiger partial charge is 0.480 e. The van der Waals surface area contributed by atoms with Crippen molar-refractivity contribution >= 4 is 17.8 Å². The van der Waals surface area contributed by atoms with Gasteiger partial charge in [-0.1, -0.05) is 30.3 Å². The molecule has 2 N–H and O–H groups in total. The van der Waals surface area contributed by atoms with Gasteiger partial charge in [-0.3, -0.25) is 9.59 Å². The van der Waals surface area contributed by atoms with E-state index >= 15 is 0 Å². The first kappa shape index (κ1) is 16.0. The van der Waals surface area contributed by atoms with Crippen LogP contribution in [0.5, 0.6) is 0 Å². The topological polar surface area (TPSA) is 86.7 Å². The Bertz CT molecular complexity index is 544. The fraction of sp³-hybridized carbons (Fsp3) is 0.438. The van der Waals surface area contributed by atoms with Crippen LogP contribution >= 0.6 is 0 Å². The summed E-state index contributed by atoms with van der Waals surface area (Å²) in [5, 5.41) is 11.7. The maximum atomic E-state index is 12.1. The number of hydrogen-bond acceptors (Lipinski definition) is 3. The van der Waals surface area contributed by atoms with Crippen molar-refractivity contribution < 1.29 is 19.5 Å². The Morgan fingerprint density at radius 1 is 1.18 bits per heavy atom. The summed E-state index contributed by atoms with van der Waals surface area (Å²) in [7, 11) is 0. The van der Waals surface area contributed by atoms with Gasteiger partial charge in [0, 0.05) is 6.54 Å². The van der Waals surface area contributed by atoms with Crippen molar-refractivity contribution in [3.05, 3.63) is 35.9 Å². The molecule has 0 radical (unpaired) electrons. The number of carbonyl (C=O) groups excluding carboxylic acids is 2. The Hall–Kier alpha value is -2.37. The summed E-state index contributed by atoms with van der Waals surface area (Å²) in [5.41, 5.74) is 0.869. The summed E-state index contributed by atoms with van der Waals surface area (Å²) in [5.74, 6) is -1.57. The lowest BCUT2D eigenvalue weighted by atomic mass is 10.0. The molecule has 1 aliphatic heterocycles. The Balaban J connectivity index is 1.83. The molecule has 1 heterocycles. The number of carbonyl (C=O) groups is 3. The summed E-state index contributed by atoms with van der Waals surface area (Å²) in [6.07, 6.45) is 2.28. The Morgan fingerprint density at radius 3 is 2.59 bits per heavy atom. The zero-order chi connectivity index (χ0) is 15.9. The molecule has 1 fully saturated rings. The maximum Gasteiger partial charge on any atom is 0.326 e. The van der Waals surface area contributed by atoms with E-state index in [0.717, 1.165) is 18.4 Å². The number of rotatable bonds is 5. The Morgan fingerprint density at radius 2 is 1.91 bits per heavy atom. The second-order valence-corrected chi connectivity index (χ2v) is 5.38. The quantitative estimate of drug-likeness (QED) is 0.843. The molecule has 118 valence electrons. The minimum Gasteiger partial charge on any atom is -0.480 e. The van der Waals surface area contributed by atoms with Crippen LogP contribution in [0, 0.1) is 0 Å². The molecule has 2 rings (SSSR count). The van der Waals surface area contributed by atoms with Gasteiger partial charge in [-0.05, 0) is 24.8 Å². The van der Waals surface area contributed by atoms with E-state index in [2.05, 4.69) is 5.32 Å². The third kappa shape index (κ3) is 4.31. The number of carboxylic acids is 1. The minimum atomic E-state index is -0.983. The van der Waals surface area contributed by atoms with Crippen molar-refractivity contribution in [3.8, 4) is 0 Å². The normalized spacial score (nSPS) is 17.8. The van der Waals surface area contributed by atoms with Crippen molar-refractivity contribution in [1.82, 2.24) is 10.2 Å². The molecule has 1 aromatic rings. The number of nitrogens with zero attached hydrogens (tertiary/aromatic N) is 1. The molecule has 1 atom stereocenters. The molecule has 2 amide bonds. The molecule has 6 heteroatoms. The van der Waals surface area contributed by atoms with Crippen LogP contribution in [-0.4, -0.2) is 46.9 Å². The zero-order valence-corrected chi connectivity index (χ0v) is 12.3. The number of aliphatic carboxylic acids is 1. The number of amides is 2. The van der Waals surface area contributed by atoms with Crippen molar-refractivity contribution in [1.29, 1.82) is 0 Å². The van der Waals surface area contributed by atoms with Crippen LogP contribution < -0.4 is 5.32 Å². The summed E-state index contributed by atoms with van der Waals surface area (Å²) < 4.78 is 0. The highest BCUT2D eigenvalue weighted by atomic mass is 16.4. The Labute approximate surface area is 129 Å². The third-order valence-corrected chi connectivity index (χ3v) is 3.75. The average Bonchev–Trinajstić information content (AvgIpc) is 2.53. The highest BCUT2D eigenvalue weighted by molar-refractivity contribution is 5.88. The number of benzene rings is 1.